The van der Waals surface area contributed by atoms with Gasteiger partial charge >= 0.3 is 5.97 Å². The lowest BCUT2D eigenvalue weighted by Gasteiger charge is -1.98. The molecule has 82 valence electrons. The summed E-state index contributed by atoms with van der Waals surface area (Å²) in [4.78, 5) is 12.1. The Hall–Kier alpha value is -1.13. The second-order valence-electron chi connectivity index (χ2n) is 3.48. The minimum Gasteiger partial charge on any atom is -0.477 e. The topological polar surface area (TPSA) is 49.3 Å². The monoisotopic (exact) mass is 225 g/mol. The van der Waals surface area contributed by atoms with Crippen LogP contribution in [0, 0.1) is 0 Å². The highest BCUT2D eigenvalue weighted by Gasteiger charge is 2.05. The Morgan fingerprint density at radius 2 is 2.27 bits per heavy atom. The third-order valence-corrected chi connectivity index (χ3v) is 2.90. The molecule has 0 atom stereocenters. The SMILES string of the molecule is CC(C)=CCNCc1ccc(C(=O)O)s1. The van der Waals surface area contributed by atoms with E-state index in [-0.39, 0.29) is 0 Å². The first kappa shape index (κ1) is 11.9. The van der Waals surface area contributed by atoms with E-state index in [0.29, 0.717) is 4.88 Å². The molecule has 1 heterocycles. The van der Waals surface area contributed by atoms with E-state index in [1.165, 1.54) is 16.9 Å². The molecular weight excluding hydrogens is 210 g/mol. The Morgan fingerprint density at radius 3 is 2.80 bits per heavy atom. The molecule has 0 fully saturated rings. The van der Waals surface area contributed by atoms with Crippen LogP contribution in [-0.2, 0) is 6.54 Å². The third-order valence-electron chi connectivity index (χ3n) is 1.83. The second kappa shape index (κ2) is 5.68. The lowest BCUT2D eigenvalue weighted by atomic mass is 10.3. The van der Waals surface area contributed by atoms with Gasteiger partial charge in [-0.3, -0.25) is 0 Å². The van der Waals surface area contributed by atoms with E-state index in [4.69, 9.17) is 5.11 Å². The van der Waals surface area contributed by atoms with Crippen LogP contribution in [-0.4, -0.2) is 17.6 Å². The van der Waals surface area contributed by atoms with Gasteiger partial charge in [0, 0.05) is 18.0 Å². The van der Waals surface area contributed by atoms with Crippen LogP contribution in [0.1, 0.15) is 28.4 Å². The lowest BCUT2D eigenvalue weighted by molar-refractivity contribution is 0.0702. The molecule has 1 rings (SSSR count). The first-order valence-corrected chi connectivity index (χ1v) is 5.57. The van der Waals surface area contributed by atoms with Crippen LogP contribution in [0.25, 0.3) is 0 Å². The van der Waals surface area contributed by atoms with Crippen molar-refractivity contribution in [3.05, 3.63) is 33.5 Å². The molecule has 0 spiro atoms. The molecule has 1 aromatic heterocycles. The number of thiophene rings is 1. The van der Waals surface area contributed by atoms with Gasteiger partial charge in [0.15, 0.2) is 0 Å². The van der Waals surface area contributed by atoms with Gasteiger partial charge in [0.2, 0.25) is 0 Å². The number of hydrogen-bond donors (Lipinski definition) is 2. The van der Waals surface area contributed by atoms with Crippen LogP contribution < -0.4 is 5.32 Å². The normalized spacial score (nSPS) is 10.0. The number of aromatic carboxylic acids is 1. The summed E-state index contributed by atoms with van der Waals surface area (Å²) in [7, 11) is 0. The van der Waals surface area contributed by atoms with Crippen molar-refractivity contribution in [2.75, 3.05) is 6.54 Å². The fourth-order valence-corrected chi connectivity index (χ4v) is 1.88. The summed E-state index contributed by atoms with van der Waals surface area (Å²) in [6.07, 6.45) is 2.10. The van der Waals surface area contributed by atoms with E-state index in [2.05, 4.69) is 25.2 Å². The Balaban J connectivity index is 2.38. The molecule has 0 unspecified atom stereocenters. The summed E-state index contributed by atoms with van der Waals surface area (Å²) in [5.41, 5.74) is 1.28. The number of allylic oxidation sites excluding steroid dienone is 1. The molecule has 4 heteroatoms. The average molecular weight is 225 g/mol. The summed E-state index contributed by atoms with van der Waals surface area (Å²) in [6, 6.07) is 3.49. The first-order chi connectivity index (χ1) is 7.09. The Kier molecular flexibility index (Phi) is 4.52. The van der Waals surface area contributed by atoms with E-state index < -0.39 is 5.97 Å². The van der Waals surface area contributed by atoms with E-state index in [0.717, 1.165) is 18.0 Å². The molecule has 0 aliphatic heterocycles. The highest BCUT2D eigenvalue weighted by atomic mass is 32.1. The van der Waals surface area contributed by atoms with Gasteiger partial charge in [-0.2, -0.15) is 0 Å². The fourth-order valence-electron chi connectivity index (χ4n) is 1.06. The molecule has 0 bridgehead atoms. The second-order valence-corrected chi connectivity index (χ2v) is 4.65. The largest absolute Gasteiger partial charge is 0.477 e. The van der Waals surface area contributed by atoms with Crippen molar-refractivity contribution >= 4 is 17.3 Å². The van der Waals surface area contributed by atoms with Crippen LogP contribution in [0.5, 0.6) is 0 Å². The molecule has 1 aromatic rings. The van der Waals surface area contributed by atoms with Gasteiger partial charge in [0.05, 0.1) is 0 Å². The third kappa shape index (κ3) is 4.27. The number of hydrogen-bond acceptors (Lipinski definition) is 3. The van der Waals surface area contributed by atoms with E-state index >= 15 is 0 Å². The van der Waals surface area contributed by atoms with Crippen LogP contribution in [0.15, 0.2) is 23.8 Å². The predicted molar refractivity (Wildman–Crippen MR) is 62.4 cm³/mol. The minimum absolute atomic E-state index is 0.397. The minimum atomic E-state index is -0.851. The molecule has 0 aliphatic carbocycles. The van der Waals surface area contributed by atoms with Crippen molar-refractivity contribution in [1.82, 2.24) is 5.32 Å². The zero-order valence-electron chi connectivity index (χ0n) is 8.91. The summed E-state index contributed by atoms with van der Waals surface area (Å²) >= 11 is 1.32. The standard InChI is InChI=1S/C11H15NO2S/c1-8(2)5-6-12-7-9-3-4-10(15-9)11(13)14/h3-5,12H,6-7H2,1-2H3,(H,13,14). The first-order valence-electron chi connectivity index (χ1n) is 4.75. The number of carbonyl (C=O) groups is 1. The molecular formula is C11H15NO2S. The number of carboxylic acid groups (broad SMARTS) is 1. The van der Waals surface area contributed by atoms with Crippen LogP contribution in [0.2, 0.25) is 0 Å². The molecule has 3 nitrogen and oxygen atoms in total. The molecule has 0 aromatic carbocycles. The van der Waals surface area contributed by atoms with Gasteiger partial charge in [-0.05, 0) is 26.0 Å². The smallest absolute Gasteiger partial charge is 0.345 e. The van der Waals surface area contributed by atoms with Crippen molar-refractivity contribution in [2.45, 2.75) is 20.4 Å². The van der Waals surface area contributed by atoms with Crippen LogP contribution >= 0.6 is 11.3 Å². The summed E-state index contributed by atoms with van der Waals surface area (Å²) in [6.45, 7) is 5.65. The van der Waals surface area contributed by atoms with Crippen molar-refractivity contribution in [3.63, 3.8) is 0 Å². The quantitative estimate of drug-likeness (QED) is 0.598. The molecule has 0 saturated carbocycles. The maximum Gasteiger partial charge on any atom is 0.345 e. The van der Waals surface area contributed by atoms with Gasteiger partial charge < -0.3 is 10.4 Å². The summed E-state index contributed by atoms with van der Waals surface area (Å²) < 4.78 is 0. The molecule has 15 heavy (non-hydrogen) atoms. The predicted octanol–water partition coefficient (Wildman–Crippen LogP) is 2.50. The van der Waals surface area contributed by atoms with Crippen molar-refractivity contribution in [2.24, 2.45) is 0 Å². The molecule has 0 radical (unpaired) electrons. The molecule has 0 amide bonds. The zero-order chi connectivity index (χ0) is 11.3. The van der Waals surface area contributed by atoms with Gasteiger partial charge in [-0.25, -0.2) is 4.79 Å². The molecule has 0 saturated heterocycles. The van der Waals surface area contributed by atoms with E-state index in [9.17, 15) is 4.79 Å². The van der Waals surface area contributed by atoms with Crippen molar-refractivity contribution in [3.8, 4) is 0 Å². The summed E-state index contributed by atoms with van der Waals surface area (Å²) in [5.74, 6) is -0.851. The number of carboxylic acids is 1. The number of rotatable bonds is 5. The fraction of sp³-hybridized carbons (Fsp3) is 0.364. The Bertz CT molecular complexity index is 364. The molecule has 0 aliphatic rings. The van der Waals surface area contributed by atoms with E-state index in [1.54, 1.807) is 6.07 Å². The number of nitrogens with one attached hydrogen (secondary N) is 1. The maximum absolute atomic E-state index is 10.6. The van der Waals surface area contributed by atoms with Crippen LogP contribution in [0.3, 0.4) is 0 Å². The zero-order valence-corrected chi connectivity index (χ0v) is 9.73. The Morgan fingerprint density at radius 1 is 1.53 bits per heavy atom. The van der Waals surface area contributed by atoms with Gasteiger partial charge in [-0.15, -0.1) is 11.3 Å². The van der Waals surface area contributed by atoms with Gasteiger partial charge in [0.1, 0.15) is 4.88 Å². The molecule has 2 N–H and O–H groups in total. The van der Waals surface area contributed by atoms with Crippen molar-refractivity contribution in [1.29, 1.82) is 0 Å². The summed E-state index contributed by atoms with van der Waals surface area (Å²) in [5, 5.41) is 11.9. The Labute approximate surface area is 93.4 Å². The highest BCUT2D eigenvalue weighted by molar-refractivity contribution is 7.13. The van der Waals surface area contributed by atoms with E-state index in [1.807, 2.05) is 6.07 Å². The van der Waals surface area contributed by atoms with Crippen LogP contribution in [0.4, 0.5) is 0 Å². The average Bonchev–Trinajstić information content (AvgIpc) is 2.60. The highest BCUT2D eigenvalue weighted by Crippen LogP contribution is 2.15. The van der Waals surface area contributed by atoms with Gasteiger partial charge in [-0.1, -0.05) is 11.6 Å². The van der Waals surface area contributed by atoms with Gasteiger partial charge in [0.25, 0.3) is 0 Å². The maximum atomic E-state index is 10.6. The van der Waals surface area contributed by atoms with Crippen molar-refractivity contribution < 1.29 is 9.90 Å². The lowest BCUT2D eigenvalue weighted by Crippen LogP contribution is -2.11.